The van der Waals surface area contributed by atoms with E-state index in [0.717, 1.165) is 30.7 Å². The van der Waals surface area contributed by atoms with E-state index in [1.165, 1.54) is 18.4 Å². The molecule has 0 aliphatic carbocycles. The van der Waals surface area contributed by atoms with Crippen molar-refractivity contribution in [3.05, 3.63) is 34.9 Å². The smallest absolute Gasteiger partial charge is 0.0469 e. The second kappa shape index (κ2) is 7.44. The molecule has 2 nitrogen and oxygen atoms in total. The van der Waals surface area contributed by atoms with Gasteiger partial charge in [0.1, 0.15) is 0 Å². The highest BCUT2D eigenvalue weighted by molar-refractivity contribution is 6.31. The molecule has 1 heterocycles. The van der Waals surface area contributed by atoms with E-state index in [-0.39, 0.29) is 0 Å². The zero-order valence-electron chi connectivity index (χ0n) is 12.8. The van der Waals surface area contributed by atoms with Gasteiger partial charge in [-0.2, -0.15) is 0 Å². The van der Waals surface area contributed by atoms with Crippen LogP contribution < -0.4 is 0 Å². The molecule has 1 aliphatic rings. The minimum absolute atomic E-state index is 0.381. The largest absolute Gasteiger partial charge is 0.381 e. The molecule has 20 heavy (non-hydrogen) atoms. The van der Waals surface area contributed by atoms with E-state index in [9.17, 15) is 0 Å². The van der Waals surface area contributed by atoms with Crippen molar-refractivity contribution in [1.82, 2.24) is 4.90 Å². The monoisotopic (exact) mass is 295 g/mol. The SMILES string of the molecule is CC(C)C(c1ccccc1Cl)N(C)CC1CCOCC1. The van der Waals surface area contributed by atoms with Crippen LogP contribution in [0.1, 0.15) is 38.3 Å². The molecule has 0 spiro atoms. The zero-order chi connectivity index (χ0) is 14.5. The van der Waals surface area contributed by atoms with Crippen LogP contribution in [0.5, 0.6) is 0 Å². The third kappa shape index (κ3) is 3.97. The summed E-state index contributed by atoms with van der Waals surface area (Å²) in [5.74, 6) is 1.29. The summed E-state index contributed by atoms with van der Waals surface area (Å²) in [7, 11) is 2.23. The highest BCUT2D eigenvalue weighted by atomic mass is 35.5. The maximum absolute atomic E-state index is 6.40. The first kappa shape index (κ1) is 15.8. The van der Waals surface area contributed by atoms with Crippen LogP contribution in [0.15, 0.2) is 24.3 Å². The number of halogens is 1. The topological polar surface area (TPSA) is 12.5 Å². The predicted octanol–water partition coefficient (Wildman–Crippen LogP) is 4.40. The third-order valence-electron chi connectivity index (χ3n) is 4.22. The molecule has 0 N–H and O–H groups in total. The highest BCUT2D eigenvalue weighted by Gasteiger charge is 2.25. The normalized spacial score (nSPS) is 18.7. The first-order chi connectivity index (χ1) is 9.59. The van der Waals surface area contributed by atoms with Crippen molar-refractivity contribution in [1.29, 1.82) is 0 Å². The van der Waals surface area contributed by atoms with Gasteiger partial charge in [-0.1, -0.05) is 43.6 Å². The van der Waals surface area contributed by atoms with Gasteiger partial charge < -0.3 is 4.74 Å². The molecule has 1 aromatic rings. The molecule has 2 rings (SSSR count). The molecule has 0 aromatic heterocycles. The molecular formula is C17H26ClNO. The van der Waals surface area contributed by atoms with Crippen molar-refractivity contribution in [3.63, 3.8) is 0 Å². The van der Waals surface area contributed by atoms with Gasteiger partial charge in [-0.25, -0.2) is 0 Å². The minimum Gasteiger partial charge on any atom is -0.381 e. The fourth-order valence-corrected chi connectivity index (χ4v) is 3.52. The summed E-state index contributed by atoms with van der Waals surface area (Å²) in [6.45, 7) is 7.49. The number of rotatable bonds is 5. The Morgan fingerprint density at radius 1 is 1.25 bits per heavy atom. The van der Waals surface area contributed by atoms with Gasteiger partial charge in [0, 0.05) is 30.8 Å². The Labute approximate surface area is 128 Å². The number of benzene rings is 1. The molecule has 0 bridgehead atoms. The van der Waals surface area contributed by atoms with Crippen molar-refractivity contribution in [3.8, 4) is 0 Å². The van der Waals surface area contributed by atoms with Crippen LogP contribution in [0.25, 0.3) is 0 Å². The predicted molar refractivity (Wildman–Crippen MR) is 85.2 cm³/mol. The van der Waals surface area contributed by atoms with Crippen LogP contribution >= 0.6 is 11.6 Å². The second-order valence-electron chi connectivity index (χ2n) is 6.21. The van der Waals surface area contributed by atoms with Gasteiger partial charge in [0.15, 0.2) is 0 Å². The lowest BCUT2D eigenvalue weighted by molar-refractivity contribution is 0.0464. The van der Waals surface area contributed by atoms with Crippen LogP contribution in [-0.2, 0) is 4.74 Å². The van der Waals surface area contributed by atoms with Crippen molar-refractivity contribution in [2.24, 2.45) is 11.8 Å². The molecule has 112 valence electrons. The number of ether oxygens (including phenoxy) is 1. The van der Waals surface area contributed by atoms with Crippen molar-refractivity contribution in [2.75, 3.05) is 26.8 Å². The van der Waals surface area contributed by atoms with E-state index in [0.29, 0.717) is 12.0 Å². The Morgan fingerprint density at radius 2 is 1.90 bits per heavy atom. The molecule has 1 saturated heterocycles. The van der Waals surface area contributed by atoms with Gasteiger partial charge in [0.25, 0.3) is 0 Å². The quantitative estimate of drug-likeness (QED) is 0.798. The summed E-state index contributed by atoms with van der Waals surface area (Å²) in [5.41, 5.74) is 1.25. The molecule has 1 fully saturated rings. The Kier molecular flexibility index (Phi) is 5.88. The van der Waals surface area contributed by atoms with Crippen LogP contribution in [-0.4, -0.2) is 31.7 Å². The molecule has 1 atom stereocenters. The summed E-state index contributed by atoms with van der Waals surface area (Å²) < 4.78 is 5.45. The molecule has 1 unspecified atom stereocenters. The molecular weight excluding hydrogens is 270 g/mol. The Bertz CT molecular complexity index is 415. The first-order valence-corrected chi connectivity index (χ1v) is 7.99. The average Bonchev–Trinajstić information content (AvgIpc) is 2.42. The summed E-state index contributed by atoms with van der Waals surface area (Å²) in [4.78, 5) is 2.47. The van der Waals surface area contributed by atoms with E-state index in [4.69, 9.17) is 16.3 Å². The maximum atomic E-state index is 6.40. The summed E-state index contributed by atoms with van der Waals surface area (Å²) in [6, 6.07) is 8.62. The molecule has 0 radical (unpaired) electrons. The standard InChI is InChI=1S/C17H26ClNO/c1-13(2)17(15-6-4-5-7-16(15)18)19(3)12-14-8-10-20-11-9-14/h4-7,13-14,17H,8-12H2,1-3H3. The van der Waals surface area contributed by atoms with Crippen molar-refractivity contribution >= 4 is 11.6 Å². The fourth-order valence-electron chi connectivity index (χ4n) is 3.27. The van der Waals surface area contributed by atoms with E-state index in [1.54, 1.807) is 0 Å². The van der Waals surface area contributed by atoms with Gasteiger partial charge in [-0.05, 0) is 43.4 Å². The Morgan fingerprint density at radius 3 is 2.50 bits per heavy atom. The summed E-state index contributed by atoms with van der Waals surface area (Å²) in [6.07, 6.45) is 2.36. The maximum Gasteiger partial charge on any atom is 0.0469 e. The van der Waals surface area contributed by atoms with Gasteiger partial charge in [0.05, 0.1) is 0 Å². The van der Waals surface area contributed by atoms with Gasteiger partial charge >= 0.3 is 0 Å². The van der Waals surface area contributed by atoms with Gasteiger partial charge in [0.2, 0.25) is 0 Å². The number of nitrogens with zero attached hydrogens (tertiary/aromatic N) is 1. The van der Waals surface area contributed by atoms with Gasteiger partial charge in [-0.3, -0.25) is 4.90 Å². The fraction of sp³-hybridized carbons (Fsp3) is 0.647. The molecule has 0 amide bonds. The number of hydrogen-bond acceptors (Lipinski definition) is 2. The average molecular weight is 296 g/mol. The first-order valence-electron chi connectivity index (χ1n) is 7.62. The van der Waals surface area contributed by atoms with Crippen LogP contribution in [0.4, 0.5) is 0 Å². The summed E-state index contributed by atoms with van der Waals surface area (Å²) in [5, 5.41) is 0.880. The highest BCUT2D eigenvalue weighted by Crippen LogP contribution is 2.33. The lowest BCUT2D eigenvalue weighted by atomic mass is 9.92. The van der Waals surface area contributed by atoms with E-state index in [2.05, 4.69) is 37.9 Å². The van der Waals surface area contributed by atoms with Crippen LogP contribution in [0.2, 0.25) is 5.02 Å². The van der Waals surface area contributed by atoms with Crippen LogP contribution in [0.3, 0.4) is 0 Å². The lowest BCUT2D eigenvalue weighted by Gasteiger charge is -2.35. The molecule has 3 heteroatoms. The third-order valence-corrected chi connectivity index (χ3v) is 4.56. The van der Waals surface area contributed by atoms with E-state index < -0.39 is 0 Å². The Balaban J connectivity index is 2.09. The lowest BCUT2D eigenvalue weighted by Crippen LogP contribution is -2.35. The summed E-state index contributed by atoms with van der Waals surface area (Å²) >= 11 is 6.40. The molecule has 1 aromatic carbocycles. The number of hydrogen-bond donors (Lipinski definition) is 0. The van der Waals surface area contributed by atoms with Crippen molar-refractivity contribution < 1.29 is 4.74 Å². The van der Waals surface area contributed by atoms with Gasteiger partial charge in [-0.15, -0.1) is 0 Å². The van der Waals surface area contributed by atoms with Crippen molar-refractivity contribution in [2.45, 2.75) is 32.7 Å². The zero-order valence-corrected chi connectivity index (χ0v) is 13.6. The molecule has 0 saturated carbocycles. The molecule has 1 aliphatic heterocycles. The van der Waals surface area contributed by atoms with E-state index in [1.807, 2.05) is 12.1 Å². The minimum atomic E-state index is 0.381. The Hall–Kier alpha value is -0.570. The van der Waals surface area contributed by atoms with Crippen LogP contribution in [0, 0.1) is 11.8 Å². The van der Waals surface area contributed by atoms with E-state index >= 15 is 0 Å². The second-order valence-corrected chi connectivity index (χ2v) is 6.61.